The first-order valence-corrected chi connectivity index (χ1v) is 11.3. The molecule has 5 rings (SSSR count). The molecule has 0 aliphatic heterocycles. The van der Waals surface area contributed by atoms with Crippen LogP contribution in [0.5, 0.6) is 0 Å². The smallest absolute Gasteiger partial charge is 0.227 e. The number of rotatable bonds is 3. The summed E-state index contributed by atoms with van der Waals surface area (Å²) in [6.45, 7) is 8.78. The van der Waals surface area contributed by atoms with Gasteiger partial charge in [-0.1, -0.05) is 38.8 Å². The van der Waals surface area contributed by atoms with Crippen molar-refractivity contribution < 1.29 is 8.98 Å². The summed E-state index contributed by atoms with van der Waals surface area (Å²) in [4.78, 5) is 4.81. The standard InChI is InChI=1S/C27H31N2O/c1-16(2)23-13-12-21-20-11-10-17(3)25(26(20)30-27(21)28-23)24-14-18(4)22(15-29(24)5)19-8-6-7-9-19/h10-16,19H,6-9H2,1-5H3/q+1. The van der Waals surface area contributed by atoms with E-state index in [1.54, 1.807) is 0 Å². The summed E-state index contributed by atoms with van der Waals surface area (Å²) < 4.78 is 8.70. The molecule has 1 aliphatic carbocycles. The van der Waals surface area contributed by atoms with Gasteiger partial charge in [0.1, 0.15) is 7.05 Å². The molecule has 3 aromatic heterocycles. The quantitative estimate of drug-likeness (QED) is 0.352. The number of aryl methyl sites for hydroxylation is 3. The molecule has 0 saturated heterocycles. The third-order valence-corrected chi connectivity index (χ3v) is 6.90. The van der Waals surface area contributed by atoms with E-state index in [0.29, 0.717) is 11.8 Å². The van der Waals surface area contributed by atoms with Crippen molar-refractivity contribution in [2.45, 2.75) is 65.2 Å². The van der Waals surface area contributed by atoms with E-state index in [-0.39, 0.29) is 0 Å². The van der Waals surface area contributed by atoms with E-state index in [9.17, 15) is 0 Å². The van der Waals surface area contributed by atoms with Gasteiger partial charge in [0.2, 0.25) is 11.4 Å². The van der Waals surface area contributed by atoms with Crippen molar-refractivity contribution in [3.8, 4) is 11.3 Å². The van der Waals surface area contributed by atoms with E-state index in [0.717, 1.165) is 27.8 Å². The molecule has 3 heterocycles. The van der Waals surface area contributed by atoms with Gasteiger partial charge in [-0.05, 0) is 61.8 Å². The molecule has 1 fully saturated rings. The third kappa shape index (κ3) is 3.03. The number of nitrogens with zero attached hydrogens (tertiary/aromatic N) is 2. The van der Waals surface area contributed by atoms with E-state index in [2.05, 4.69) is 75.8 Å². The first-order chi connectivity index (χ1) is 14.4. The second-order valence-corrected chi connectivity index (χ2v) is 9.37. The van der Waals surface area contributed by atoms with Crippen molar-refractivity contribution in [3.05, 3.63) is 58.9 Å². The van der Waals surface area contributed by atoms with Gasteiger partial charge in [-0.2, -0.15) is 0 Å². The van der Waals surface area contributed by atoms with Crippen LogP contribution in [-0.2, 0) is 7.05 Å². The number of pyridine rings is 2. The zero-order valence-corrected chi connectivity index (χ0v) is 18.7. The Balaban J connectivity index is 1.73. The van der Waals surface area contributed by atoms with Crippen molar-refractivity contribution >= 4 is 22.1 Å². The second kappa shape index (κ2) is 7.23. The molecule has 4 aromatic rings. The van der Waals surface area contributed by atoms with Gasteiger partial charge >= 0.3 is 0 Å². The molecule has 0 spiro atoms. The molecule has 0 radical (unpaired) electrons. The molecule has 30 heavy (non-hydrogen) atoms. The highest BCUT2D eigenvalue weighted by Crippen LogP contribution is 2.39. The highest BCUT2D eigenvalue weighted by Gasteiger charge is 2.26. The van der Waals surface area contributed by atoms with Gasteiger partial charge < -0.3 is 4.42 Å². The van der Waals surface area contributed by atoms with Crippen molar-refractivity contribution in [1.82, 2.24) is 4.98 Å². The van der Waals surface area contributed by atoms with Crippen molar-refractivity contribution in [1.29, 1.82) is 0 Å². The zero-order valence-electron chi connectivity index (χ0n) is 18.7. The number of furan rings is 1. The first-order valence-electron chi connectivity index (χ1n) is 11.3. The van der Waals surface area contributed by atoms with Gasteiger partial charge in [0.15, 0.2) is 11.8 Å². The maximum Gasteiger partial charge on any atom is 0.227 e. The summed E-state index contributed by atoms with van der Waals surface area (Å²) in [6, 6.07) is 11.0. The summed E-state index contributed by atoms with van der Waals surface area (Å²) in [6.07, 6.45) is 7.72. The van der Waals surface area contributed by atoms with E-state index in [1.807, 2.05) is 0 Å². The van der Waals surface area contributed by atoms with E-state index in [1.165, 1.54) is 53.6 Å². The second-order valence-electron chi connectivity index (χ2n) is 9.37. The highest BCUT2D eigenvalue weighted by molar-refractivity contribution is 6.08. The third-order valence-electron chi connectivity index (χ3n) is 6.90. The fourth-order valence-corrected chi connectivity index (χ4v) is 5.16. The predicted octanol–water partition coefficient (Wildman–Crippen LogP) is 6.87. The van der Waals surface area contributed by atoms with Crippen LogP contribution in [0.2, 0.25) is 0 Å². The van der Waals surface area contributed by atoms with Gasteiger partial charge in [-0.15, -0.1) is 0 Å². The summed E-state index contributed by atoms with van der Waals surface area (Å²) in [7, 11) is 2.17. The molecule has 0 amide bonds. The summed E-state index contributed by atoms with van der Waals surface area (Å²) in [5, 5.41) is 2.24. The van der Waals surface area contributed by atoms with Crippen LogP contribution >= 0.6 is 0 Å². The SMILES string of the molecule is Cc1cc(-c2c(C)ccc3c2oc2nc(C(C)C)ccc23)[n+](C)cc1C1CCCC1. The predicted molar refractivity (Wildman–Crippen MR) is 123 cm³/mol. The molecule has 1 aliphatic rings. The van der Waals surface area contributed by atoms with Crippen LogP contribution in [-0.4, -0.2) is 4.98 Å². The lowest BCUT2D eigenvalue weighted by molar-refractivity contribution is -0.660. The van der Waals surface area contributed by atoms with E-state index in [4.69, 9.17) is 9.40 Å². The number of benzene rings is 1. The average molecular weight is 400 g/mol. The Hall–Kier alpha value is -2.68. The first kappa shape index (κ1) is 19.3. The zero-order chi connectivity index (χ0) is 21.0. The number of aromatic nitrogens is 2. The van der Waals surface area contributed by atoms with Crippen LogP contribution in [0.25, 0.3) is 33.3 Å². The topological polar surface area (TPSA) is 29.9 Å². The Morgan fingerprint density at radius 2 is 1.73 bits per heavy atom. The minimum Gasteiger partial charge on any atom is -0.437 e. The Kier molecular flexibility index (Phi) is 4.65. The fourth-order valence-electron chi connectivity index (χ4n) is 5.16. The molecule has 3 nitrogen and oxygen atoms in total. The lowest BCUT2D eigenvalue weighted by Crippen LogP contribution is -2.32. The number of hydrogen-bond donors (Lipinski definition) is 0. The van der Waals surface area contributed by atoms with Gasteiger partial charge in [-0.25, -0.2) is 9.55 Å². The van der Waals surface area contributed by atoms with E-state index < -0.39 is 0 Å². The molecular weight excluding hydrogens is 368 g/mol. The van der Waals surface area contributed by atoms with Crippen LogP contribution in [0.3, 0.4) is 0 Å². The van der Waals surface area contributed by atoms with Crippen LogP contribution in [0, 0.1) is 13.8 Å². The minimum atomic E-state index is 0.382. The molecule has 0 atom stereocenters. The normalized spacial score (nSPS) is 15.1. The highest BCUT2D eigenvalue weighted by atomic mass is 16.3. The molecule has 1 saturated carbocycles. The summed E-state index contributed by atoms with van der Waals surface area (Å²) >= 11 is 0. The van der Waals surface area contributed by atoms with E-state index >= 15 is 0 Å². The molecule has 0 N–H and O–H groups in total. The maximum absolute atomic E-state index is 6.41. The van der Waals surface area contributed by atoms with Gasteiger partial charge in [0.25, 0.3) is 0 Å². The Morgan fingerprint density at radius 3 is 2.47 bits per heavy atom. The summed E-state index contributed by atoms with van der Waals surface area (Å²) in [5.74, 6) is 1.10. The van der Waals surface area contributed by atoms with Crippen molar-refractivity contribution in [2.24, 2.45) is 7.05 Å². The monoisotopic (exact) mass is 399 g/mol. The Morgan fingerprint density at radius 1 is 1.00 bits per heavy atom. The van der Waals surface area contributed by atoms with Crippen molar-refractivity contribution in [3.63, 3.8) is 0 Å². The molecule has 154 valence electrons. The minimum absolute atomic E-state index is 0.382. The molecule has 1 aromatic carbocycles. The van der Waals surface area contributed by atoms with Gasteiger partial charge in [0, 0.05) is 28.1 Å². The van der Waals surface area contributed by atoms with Crippen LogP contribution in [0.15, 0.2) is 40.9 Å². The van der Waals surface area contributed by atoms with Gasteiger partial charge in [0.05, 0.1) is 5.56 Å². The average Bonchev–Trinajstić information content (AvgIpc) is 3.37. The molecule has 3 heteroatoms. The van der Waals surface area contributed by atoms with Crippen LogP contribution in [0.1, 0.15) is 73.8 Å². The lowest BCUT2D eigenvalue weighted by atomic mass is 9.93. The van der Waals surface area contributed by atoms with Gasteiger partial charge in [-0.3, -0.25) is 0 Å². The Bertz CT molecular complexity index is 1260. The maximum atomic E-state index is 6.41. The number of fused-ring (bicyclic) bond motifs is 3. The van der Waals surface area contributed by atoms with Crippen molar-refractivity contribution in [2.75, 3.05) is 0 Å². The van der Waals surface area contributed by atoms with Crippen LogP contribution < -0.4 is 4.57 Å². The summed E-state index contributed by atoms with van der Waals surface area (Å²) in [5.41, 5.74) is 9.28. The number of hydrogen-bond acceptors (Lipinski definition) is 2. The lowest BCUT2D eigenvalue weighted by Gasteiger charge is -2.13. The Labute approximate surface area is 178 Å². The van der Waals surface area contributed by atoms with Crippen LogP contribution in [0.4, 0.5) is 0 Å². The largest absolute Gasteiger partial charge is 0.437 e. The molecule has 0 unspecified atom stereocenters. The fraction of sp³-hybridized carbons (Fsp3) is 0.407. The molecular formula is C27H31N2O+. The molecule has 0 bridgehead atoms.